The molecule has 2 aromatic rings. The highest BCUT2D eigenvalue weighted by Gasteiger charge is 2.08. The molecule has 0 saturated carbocycles. The normalized spacial score (nSPS) is 10.7. The van der Waals surface area contributed by atoms with Crippen molar-refractivity contribution in [3.8, 4) is 10.4 Å². The van der Waals surface area contributed by atoms with Gasteiger partial charge in [-0.25, -0.2) is 9.37 Å². The van der Waals surface area contributed by atoms with Gasteiger partial charge in [0, 0.05) is 12.1 Å². The maximum absolute atomic E-state index is 13.7. The van der Waals surface area contributed by atoms with Crippen molar-refractivity contribution in [2.24, 2.45) is 0 Å². The average Bonchev–Trinajstić information content (AvgIpc) is 2.68. The van der Waals surface area contributed by atoms with Gasteiger partial charge in [-0.05, 0) is 25.6 Å². The third-order valence-corrected chi connectivity index (χ3v) is 3.41. The van der Waals surface area contributed by atoms with Crippen LogP contribution in [0.3, 0.4) is 0 Å². The zero-order valence-corrected chi connectivity index (χ0v) is 10.1. The number of aromatic nitrogens is 1. The Bertz CT molecular complexity index is 494. The van der Waals surface area contributed by atoms with E-state index < -0.39 is 0 Å². The molecule has 1 heterocycles. The minimum Gasteiger partial charge on any atom is -0.316 e. The maximum atomic E-state index is 13.7. The second kappa shape index (κ2) is 4.72. The summed E-state index contributed by atoms with van der Waals surface area (Å²) >= 11 is 1.54. The Labute approximate surface area is 98.2 Å². The molecule has 0 saturated heterocycles. The van der Waals surface area contributed by atoms with E-state index in [2.05, 4.69) is 10.3 Å². The largest absolute Gasteiger partial charge is 0.316 e. The molecule has 0 bridgehead atoms. The lowest BCUT2D eigenvalue weighted by atomic mass is 10.1. The second-order valence-electron chi connectivity index (χ2n) is 3.60. The highest BCUT2D eigenvalue weighted by molar-refractivity contribution is 7.13. The third kappa shape index (κ3) is 2.13. The van der Waals surface area contributed by atoms with Gasteiger partial charge in [0.25, 0.3) is 0 Å². The zero-order chi connectivity index (χ0) is 11.5. The summed E-state index contributed by atoms with van der Waals surface area (Å²) in [6.07, 6.45) is 0. The van der Waals surface area contributed by atoms with E-state index in [-0.39, 0.29) is 5.82 Å². The highest BCUT2D eigenvalue weighted by atomic mass is 32.1. The van der Waals surface area contributed by atoms with E-state index in [1.165, 1.54) is 11.3 Å². The summed E-state index contributed by atoms with van der Waals surface area (Å²) in [5.74, 6) is -0.167. The number of halogens is 1. The molecule has 0 radical (unpaired) electrons. The quantitative estimate of drug-likeness (QED) is 0.886. The van der Waals surface area contributed by atoms with Crippen LogP contribution in [0.25, 0.3) is 10.4 Å². The minimum atomic E-state index is -0.167. The van der Waals surface area contributed by atoms with Gasteiger partial charge in [0.1, 0.15) is 5.82 Å². The van der Waals surface area contributed by atoms with E-state index in [9.17, 15) is 4.39 Å². The summed E-state index contributed by atoms with van der Waals surface area (Å²) in [6, 6.07) is 5.34. The monoisotopic (exact) mass is 236 g/mol. The number of hydrogen-bond donors (Lipinski definition) is 1. The lowest BCUT2D eigenvalue weighted by Gasteiger charge is -2.04. The average molecular weight is 236 g/mol. The maximum Gasteiger partial charge on any atom is 0.128 e. The molecule has 84 valence electrons. The van der Waals surface area contributed by atoms with Gasteiger partial charge in [-0.1, -0.05) is 12.1 Å². The SMILES string of the molecule is CNCc1ccc(-c2scnc2C)cc1F. The molecule has 0 atom stereocenters. The Hall–Kier alpha value is -1.26. The van der Waals surface area contributed by atoms with Gasteiger partial charge in [-0.3, -0.25) is 0 Å². The fourth-order valence-corrected chi connectivity index (χ4v) is 2.40. The molecular weight excluding hydrogens is 223 g/mol. The van der Waals surface area contributed by atoms with E-state index >= 15 is 0 Å². The molecule has 0 fully saturated rings. The van der Waals surface area contributed by atoms with Gasteiger partial charge in [0.05, 0.1) is 16.1 Å². The van der Waals surface area contributed by atoms with Crippen molar-refractivity contribution in [3.05, 3.63) is 40.8 Å². The lowest BCUT2D eigenvalue weighted by Crippen LogP contribution is -2.06. The summed E-state index contributed by atoms with van der Waals surface area (Å²) in [6.45, 7) is 2.49. The Balaban J connectivity index is 2.38. The number of thiazole rings is 1. The van der Waals surface area contributed by atoms with Crippen LogP contribution in [-0.2, 0) is 6.54 Å². The predicted octanol–water partition coefficient (Wildman–Crippen LogP) is 2.98. The van der Waals surface area contributed by atoms with Crippen molar-refractivity contribution >= 4 is 11.3 Å². The van der Waals surface area contributed by atoms with Gasteiger partial charge < -0.3 is 5.32 Å². The Kier molecular flexibility index (Phi) is 3.31. The number of hydrogen-bond acceptors (Lipinski definition) is 3. The molecule has 0 unspecified atom stereocenters. The van der Waals surface area contributed by atoms with Crippen LogP contribution < -0.4 is 5.32 Å². The number of rotatable bonds is 3. The van der Waals surface area contributed by atoms with Crippen molar-refractivity contribution in [3.63, 3.8) is 0 Å². The Morgan fingerprint density at radius 3 is 2.81 bits per heavy atom. The van der Waals surface area contributed by atoms with Crippen LogP contribution in [0.4, 0.5) is 4.39 Å². The number of nitrogens with one attached hydrogen (secondary N) is 1. The Morgan fingerprint density at radius 2 is 2.25 bits per heavy atom. The van der Waals surface area contributed by atoms with Gasteiger partial charge in [-0.2, -0.15) is 0 Å². The van der Waals surface area contributed by atoms with E-state index in [0.29, 0.717) is 12.1 Å². The first-order valence-electron chi connectivity index (χ1n) is 5.06. The van der Waals surface area contributed by atoms with Gasteiger partial charge in [-0.15, -0.1) is 11.3 Å². The molecule has 0 aliphatic carbocycles. The first kappa shape index (κ1) is 11.2. The first-order valence-corrected chi connectivity index (χ1v) is 5.94. The van der Waals surface area contributed by atoms with Gasteiger partial charge >= 0.3 is 0 Å². The van der Waals surface area contributed by atoms with E-state index in [4.69, 9.17) is 0 Å². The summed E-state index contributed by atoms with van der Waals surface area (Å²) in [5.41, 5.74) is 4.32. The van der Waals surface area contributed by atoms with Crippen molar-refractivity contribution < 1.29 is 4.39 Å². The van der Waals surface area contributed by atoms with Gasteiger partial charge in [0.15, 0.2) is 0 Å². The topological polar surface area (TPSA) is 24.9 Å². The minimum absolute atomic E-state index is 0.167. The van der Waals surface area contributed by atoms with Gasteiger partial charge in [0.2, 0.25) is 0 Å². The van der Waals surface area contributed by atoms with Crippen LogP contribution in [0.15, 0.2) is 23.7 Å². The highest BCUT2D eigenvalue weighted by Crippen LogP contribution is 2.28. The van der Waals surface area contributed by atoms with Crippen molar-refractivity contribution in [2.45, 2.75) is 13.5 Å². The molecule has 4 heteroatoms. The molecule has 0 aliphatic rings. The number of benzene rings is 1. The fourth-order valence-electron chi connectivity index (χ4n) is 1.60. The van der Waals surface area contributed by atoms with Crippen molar-refractivity contribution in [1.82, 2.24) is 10.3 Å². The van der Waals surface area contributed by atoms with Crippen LogP contribution in [0.1, 0.15) is 11.3 Å². The zero-order valence-electron chi connectivity index (χ0n) is 9.25. The number of aryl methyl sites for hydroxylation is 1. The van der Waals surface area contributed by atoms with E-state index in [1.54, 1.807) is 18.6 Å². The van der Waals surface area contributed by atoms with Crippen LogP contribution in [0.5, 0.6) is 0 Å². The molecule has 0 amide bonds. The number of nitrogens with zero attached hydrogens (tertiary/aromatic N) is 1. The van der Waals surface area contributed by atoms with Crippen molar-refractivity contribution in [2.75, 3.05) is 7.05 Å². The summed E-state index contributed by atoms with van der Waals surface area (Å²) in [5, 5.41) is 2.94. The first-order chi connectivity index (χ1) is 7.72. The van der Waals surface area contributed by atoms with Crippen LogP contribution in [-0.4, -0.2) is 12.0 Å². The molecule has 1 aromatic heterocycles. The van der Waals surface area contributed by atoms with Crippen LogP contribution in [0, 0.1) is 12.7 Å². The molecule has 0 aliphatic heterocycles. The van der Waals surface area contributed by atoms with E-state index in [1.807, 2.05) is 19.1 Å². The molecule has 0 spiro atoms. The molecule has 2 nitrogen and oxygen atoms in total. The van der Waals surface area contributed by atoms with E-state index in [0.717, 1.165) is 16.1 Å². The summed E-state index contributed by atoms with van der Waals surface area (Å²) < 4.78 is 13.7. The standard InChI is InChI=1S/C12H13FN2S/c1-8-12(16-7-15-8)9-3-4-10(6-14-2)11(13)5-9/h3-5,7,14H,6H2,1-2H3. The third-order valence-electron chi connectivity index (χ3n) is 2.43. The second-order valence-corrected chi connectivity index (χ2v) is 4.46. The molecule has 2 rings (SSSR count). The molecular formula is C12H13FN2S. The van der Waals surface area contributed by atoms with Crippen molar-refractivity contribution in [1.29, 1.82) is 0 Å². The smallest absolute Gasteiger partial charge is 0.128 e. The molecule has 1 aromatic carbocycles. The Morgan fingerprint density at radius 1 is 1.44 bits per heavy atom. The lowest BCUT2D eigenvalue weighted by molar-refractivity contribution is 0.601. The molecule has 1 N–H and O–H groups in total. The predicted molar refractivity (Wildman–Crippen MR) is 65.0 cm³/mol. The molecule has 16 heavy (non-hydrogen) atoms. The fraction of sp³-hybridized carbons (Fsp3) is 0.250. The van der Waals surface area contributed by atoms with Crippen LogP contribution in [0.2, 0.25) is 0 Å². The van der Waals surface area contributed by atoms with Crippen LogP contribution >= 0.6 is 11.3 Å². The summed E-state index contributed by atoms with van der Waals surface area (Å²) in [4.78, 5) is 5.20. The summed E-state index contributed by atoms with van der Waals surface area (Å²) in [7, 11) is 1.81.